The average molecular weight is 510 g/mol. The van der Waals surface area contributed by atoms with E-state index in [-0.39, 0.29) is 18.9 Å². The van der Waals surface area contributed by atoms with Gasteiger partial charge in [0.15, 0.2) is 0 Å². The molecule has 36 heavy (non-hydrogen) atoms. The predicted molar refractivity (Wildman–Crippen MR) is 122 cm³/mol. The van der Waals surface area contributed by atoms with Crippen molar-refractivity contribution in [3.63, 3.8) is 0 Å². The molecular formula is C26H24F6N2O2. The fourth-order valence-corrected chi connectivity index (χ4v) is 3.88. The number of nitrogens with one attached hydrogen (secondary N) is 2. The Balaban J connectivity index is 1.88. The maximum Gasteiger partial charge on any atom is 0.573 e. The summed E-state index contributed by atoms with van der Waals surface area (Å²) in [5, 5.41) is 5.73. The first-order chi connectivity index (χ1) is 17.0. The third-order valence-corrected chi connectivity index (χ3v) is 5.56. The molecule has 0 unspecified atom stereocenters. The molecule has 3 aromatic carbocycles. The highest BCUT2D eigenvalue weighted by Crippen LogP contribution is 2.35. The predicted octanol–water partition coefficient (Wildman–Crippen LogP) is 6.20. The minimum absolute atomic E-state index is 0.239. The molecule has 0 bridgehead atoms. The second-order valence-electron chi connectivity index (χ2n) is 7.99. The zero-order valence-electron chi connectivity index (χ0n) is 19.2. The standard InChI is InChI=1S/C26H24F6N2O2/c1-33-24(35)23(18-6-3-2-4-7-18)34-15-14-22(17-10-12-20(13-11-17)25(27,28)29)19-8-5-9-21(16-19)36-26(30,31)32/h2-13,16,22-23,34H,14-15H2,1H3,(H,33,35)/t22-,23+/m0/s1. The Hall–Kier alpha value is -3.53. The summed E-state index contributed by atoms with van der Waals surface area (Å²) in [7, 11) is 1.50. The van der Waals surface area contributed by atoms with Crippen molar-refractivity contribution in [2.75, 3.05) is 13.6 Å². The minimum Gasteiger partial charge on any atom is -0.406 e. The van der Waals surface area contributed by atoms with Crippen LogP contribution >= 0.6 is 0 Å². The lowest BCUT2D eigenvalue weighted by molar-refractivity contribution is -0.274. The Kier molecular flexibility index (Phi) is 8.62. The van der Waals surface area contributed by atoms with Gasteiger partial charge in [-0.05, 0) is 53.9 Å². The summed E-state index contributed by atoms with van der Waals surface area (Å²) >= 11 is 0. The monoisotopic (exact) mass is 510 g/mol. The van der Waals surface area contributed by atoms with Crippen molar-refractivity contribution in [3.8, 4) is 5.75 Å². The fraction of sp³-hybridized carbons (Fsp3) is 0.269. The summed E-state index contributed by atoms with van der Waals surface area (Å²) in [6, 6.07) is 18.0. The topological polar surface area (TPSA) is 50.4 Å². The number of carbonyl (C=O) groups is 1. The van der Waals surface area contributed by atoms with E-state index >= 15 is 0 Å². The average Bonchev–Trinajstić information content (AvgIpc) is 2.83. The number of hydrogen-bond acceptors (Lipinski definition) is 3. The molecule has 0 aliphatic rings. The van der Waals surface area contributed by atoms with Gasteiger partial charge in [-0.2, -0.15) is 13.2 Å². The molecule has 0 radical (unpaired) electrons. The Labute approximate surface area is 204 Å². The highest BCUT2D eigenvalue weighted by molar-refractivity contribution is 5.82. The molecule has 0 saturated carbocycles. The van der Waals surface area contributed by atoms with Gasteiger partial charge in [-0.1, -0.05) is 54.6 Å². The van der Waals surface area contributed by atoms with Crippen LogP contribution in [-0.2, 0) is 11.0 Å². The van der Waals surface area contributed by atoms with Crippen LogP contribution in [0.5, 0.6) is 5.75 Å². The molecule has 192 valence electrons. The van der Waals surface area contributed by atoms with Gasteiger partial charge >= 0.3 is 12.5 Å². The third kappa shape index (κ3) is 7.48. The Morgan fingerprint density at radius 2 is 1.47 bits per heavy atom. The van der Waals surface area contributed by atoms with Gasteiger partial charge in [0.05, 0.1) is 5.56 Å². The maximum atomic E-state index is 13.0. The first-order valence-corrected chi connectivity index (χ1v) is 11.0. The van der Waals surface area contributed by atoms with E-state index in [1.165, 1.54) is 31.3 Å². The van der Waals surface area contributed by atoms with E-state index in [1.54, 1.807) is 36.4 Å². The number of halogens is 6. The summed E-state index contributed by atoms with van der Waals surface area (Å²) in [5.41, 5.74) is 0.782. The Morgan fingerprint density at radius 1 is 0.833 bits per heavy atom. The van der Waals surface area contributed by atoms with E-state index in [2.05, 4.69) is 15.4 Å². The van der Waals surface area contributed by atoms with Gasteiger partial charge < -0.3 is 15.4 Å². The number of carbonyl (C=O) groups excluding carboxylic acids is 1. The van der Waals surface area contributed by atoms with Crippen LogP contribution in [0.4, 0.5) is 26.3 Å². The molecule has 0 heterocycles. The first-order valence-electron chi connectivity index (χ1n) is 11.0. The van der Waals surface area contributed by atoms with Gasteiger partial charge in [-0.25, -0.2) is 0 Å². The van der Waals surface area contributed by atoms with Crippen LogP contribution in [-0.4, -0.2) is 25.9 Å². The Bertz CT molecular complexity index is 1130. The number of benzene rings is 3. The van der Waals surface area contributed by atoms with Crippen LogP contribution in [0.25, 0.3) is 0 Å². The third-order valence-electron chi connectivity index (χ3n) is 5.56. The number of hydrogen-bond donors (Lipinski definition) is 2. The molecular weight excluding hydrogens is 486 g/mol. The molecule has 0 aliphatic carbocycles. The van der Waals surface area contributed by atoms with Crippen molar-refractivity contribution in [1.82, 2.24) is 10.6 Å². The molecule has 2 atom stereocenters. The van der Waals surface area contributed by atoms with Crippen LogP contribution < -0.4 is 15.4 Å². The second-order valence-corrected chi connectivity index (χ2v) is 7.99. The van der Waals surface area contributed by atoms with Crippen molar-refractivity contribution in [2.24, 2.45) is 0 Å². The highest BCUT2D eigenvalue weighted by Gasteiger charge is 2.32. The van der Waals surface area contributed by atoms with Gasteiger partial charge in [0.1, 0.15) is 11.8 Å². The Morgan fingerprint density at radius 3 is 2.06 bits per heavy atom. The summed E-state index contributed by atoms with van der Waals surface area (Å²) in [6.45, 7) is 0.239. The number of likely N-dealkylation sites (N-methyl/N-ethyl adjacent to an activating group) is 1. The van der Waals surface area contributed by atoms with E-state index < -0.39 is 35.8 Å². The maximum absolute atomic E-state index is 13.0. The molecule has 10 heteroatoms. The molecule has 0 fully saturated rings. The van der Waals surface area contributed by atoms with Crippen LogP contribution in [0.15, 0.2) is 78.9 Å². The van der Waals surface area contributed by atoms with Crippen LogP contribution in [0.2, 0.25) is 0 Å². The molecule has 0 aromatic heterocycles. The molecule has 0 spiro atoms. The van der Waals surface area contributed by atoms with Crippen molar-refractivity contribution in [3.05, 3.63) is 101 Å². The molecule has 0 aliphatic heterocycles. The van der Waals surface area contributed by atoms with Gasteiger partial charge in [0, 0.05) is 13.0 Å². The molecule has 2 N–H and O–H groups in total. The van der Waals surface area contributed by atoms with Crippen LogP contribution in [0.3, 0.4) is 0 Å². The zero-order valence-corrected chi connectivity index (χ0v) is 19.2. The zero-order chi connectivity index (χ0) is 26.3. The van der Waals surface area contributed by atoms with Gasteiger partial charge in [0.2, 0.25) is 5.91 Å². The van der Waals surface area contributed by atoms with E-state index in [4.69, 9.17) is 0 Å². The van der Waals surface area contributed by atoms with Crippen LogP contribution in [0.1, 0.15) is 40.6 Å². The van der Waals surface area contributed by atoms with Crippen molar-refractivity contribution in [2.45, 2.75) is 30.9 Å². The number of ether oxygens (including phenoxy) is 1. The van der Waals surface area contributed by atoms with E-state index in [9.17, 15) is 31.1 Å². The van der Waals surface area contributed by atoms with E-state index in [0.29, 0.717) is 16.7 Å². The van der Waals surface area contributed by atoms with Crippen molar-refractivity contribution in [1.29, 1.82) is 0 Å². The van der Waals surface area contributed by atoms with Crippen molar-refractivity contribution >= 4 is 5.91 Å². The smallest absolute Gasteiger partial charge is 0.406 e. The SMILES string of the molecule is CNC(=O)[C@H](NCC[C@@H](c1ccc(C(F)(F)F)cc1)c1cccc(OC(F)(F)F)c1)c1ccccc1. The minimum atomic E-state index is -4.89. The highest BCUT2D eigenvalue weighted by atomic mass is 19.4. The van der Waals surface area contributed by atoms with Gasteiger partial charge in [-0.15, -0.1) is 13.2 Å². The van der Waals surface area contributed by atoms with Gasteiger partial charge in [-0.3, -0.25) is 4.79 Å². The molecule has 4 nitrogen and oxygen atoms in total. The molecule has 3 aromatic rings. The summed E-state index contributed by atoms with van der Waals surface area (Å²) in [5.74, 6) is -1.29. The fourth-order valence-electron chi connectivity index (χ4n) is 3.88. The second kappa shape index (κ2) is 11.5. The lowest BCUT2D eigenvalue weighted by Gasteiger charge is -2.23. The lowest BCUT2D eigenvalue weighted by Crippen LogP contribution is -2.36. The van der Waals surface area contributed by atoms with E-state index in [1.807, 2.05) is 0 Å². The van der Waals surface area contributed by atoms with Crippen LogP contribution in [0, 0.1) is 0 Å². The number of alkyl halides is 6. The first kappa shape index (κ1) is 27.1. The molecule has 0 saturated heterocycles. The number of rotatable bonds is 9. The van der Waals surface area contributed by atoms with E-state index in [0.717, 1.165) is 18.2 Å². The quantitative estimate of drug-likeness (QED) is 0.337. The summed E-state index contributed by atoms with van der Waals surface area (Å²) in [6.07, 6.45) is -9.13. The normalized spacial score (nSPS) is 13.6. The lowest BCUT2D eigenvalue weighted by atomic mass is 9.87. The van der Waals surface area contributed by atoms with Crippen molar-refractivity contribution < 1.29 is 35.9 Å². The largest absolute Gasteiger partial charge is 0.573 e. The summed E-state index contributed by atoms with van der Waals surface area (Å²) in [4.78, 5) is 12.4. The summed E-state index contributed by atoms with van der Waals surface area (Å²) < 4.78 is 81.4. The molecule has 3 rings (SSSR count). The number of amides is 1. The molecule has 1 amide bonds. The van der Waals surface area contributed by atoms with Gasteiger partial charge in [0.25, 0.3) is 0 Å².